The molecule has 2 aliphatic heterocycles. The predicted molar refractivity (Wildman–Crippen MR) is 73.5 cm³/mol. The Morgan fingerprint density at radius 3 is 2.44 bits per heavy atom. The van der Waals surface area contributed by atoms with Crippen LogP contribution in [0.15, 0.2) is 5.11 Å². The van der Waals surface area contributed by atoms with E-state index in [1.807, 2.05) is 0 Å². The average Bonchev–Trinajstić information content (AvgIpc) is 2.45. The molecule has 2 aliphatic rings. The first-order chi connectivity index (χ1) is 8.90. The van der Waals surface area contributed by atoms with Gasteiger partial charge >= 0.3 is 0 Å². The van der Waals surface area contributed by atoms with E-state index in [-0.39, 0.29) is 0 Å². The van der Waals surface area contributed by atoms with Crippen LogP contribution in [-0.2, 0) is 0 Å². The molecular formula is C13H25N5. The fourth-order valence-corrected chi connectivity index (χ4v) is 3.20. The molecule has 2 heterocycles. The Balaban J connectivity index is 1.62. The van der Waals surface area contributed by atoms with Gasteiger partial charge in [0, 0.05) is 17.5 Å². The van der Waals surface area contributed by atoms with Crippen LogP contribution in [0.5, 0.6) is 0 Å². The van der Waals surface area contributed by atoms with Crippen LogP contribution in [-0.4, -0.2) is 55.1 Å². The van der Waals surface area contributed by atoms with Crippen LogP contribution in [0.3, 0.4) is 0 Å². The molecule has 18 heavy (non-hydrogen) atoms. The van der Waals surface area contributed by atoms with Crippen molar-refractivity contribution in [2.24, 2.45) is 5.11 Å². The zero-order valence-electron chi connectivity index (χ0n) is 11.3. The van der Waals surface area contributed by atoms with Crippen LogP contribution < -0.4 is 0 Å². The van der Waals surface area contributed by atoms with Crippen LogP contribution in [0.1, 0.15) is 38.5 Å². The highest BCUT2D eigenvalue weighted by molar-refractivity contribution is 4.81. The highest BCUT2D eigenvalue weighted by Gasteiger charge is 2.24. The summed E-state index contributed by atoms with van der Waals surface area (Å²) >= 11 is 0. The minimum atomic E-state index is 0.641. The largest absolute Gasteiger partial charge is 0.303 e. The number of nitrogens with zero attached hydrogens (tertiary/aromatic N) is 5. The molecule has 5 heteroatoms. The Bertz CT molecular complexity index is 273. The van der Waals surface area contributed by atoms with Crippen molar-refractivity contribution in [3.63, 3.8) is 0 Å². The molecule has 2 fully saturated rings. The lowest BCUT2D eigenvalue weighted by Crippen LogP contribution is -2.46. The Morgan fingerprint density at radius 1 is 1.06 bits per heavy atom. The number of azide groups is 1. The maximum absolute atomic E-state index is 8.22. The molecule has 2 rings (SSSR count). The summed E-state index contributed by atoms with van der Waals surface area (Å²) in [5.74, 6) is 0. The van der Waals surface area contributed by atoms with Gasteiger partial charge in [0.15, 0.2) is 0 Å². The number of rotatable bonds is 5. The molecule has 0 radical (unpaired) electrons. The maximum Gasteiger partial charge on any atom is 0.0270 e. The number of piperidine rings is 2. The fourth-order valence-electron chi connectivity index (χ4n) is 3.20. The van der Waals surface area contributed by atoms with Crippen molar-refractivity contribution in [3.05, 3.63) is 10.4 Å². The third kappa shape index (κ3) is 4.16. The zero-order valence-corrected chi connectivity index (χ0v) is 11.3. The van der Waals surface area contributed by atoms with Crippen molar-refractivity contribution in [3.8, 4) is 0 Å². The Morgan fingerprint density at radius 2 is 1.78 bits per heavy atom. The van der Waals surface area contributed by atoms with E-state index in [2.05, 4.69) is 19.8 Å². The average molecular weight is 251 g/mol. The third-order valence-electron chi connectivity index (χ3n) is 4.26. The topological polar surface area (TPSA) is 55.2 Å². The van der Waals surface area contributed by atoms with Crippen LogP contribution in [0, 0.1) is 0 Å². The van der Waals surface area contributed by atoms with Crippen LogP contribution in [0.25, 0.3) is 10.4 Å². The van der Waals surface area contributed by atoms with E-state index in [1.54, 1.807) is 0 Å². The quantitative estimate of drug-likeness (QED) is 0.326. The van der Waals surface area contributed by atoms with Crippen LogP contribution in [0.2, 0.25) is 0 Å². The van der Waals surface area contributed by atoms with Crippen LogP contribution in [0.4, 0.5) is 0 Å². The monoisotopic (exact) mass is 251 g/mol. The standard InChI is InChI=1S/C13H25N5/c14-16-15-7-4-8-17-11-5-13(6-12-17)18-9-2-1-3-10-18/h13H,1-12H2. The van der Waals surface area contributed by atoms with Gasteiger partial charge in [-0.3, -0.25) is 0 Å². The summed E-state index contributed by atoms with van der Waals surface area (Å²) < 4.78 is 0. The molecule has 0 aromatic rings. The second kappa shape index (κ2) is 7.62. The van der Waals surface area contributed by atoms with Gasteiger partial charge in [0.05, 0.1) is 0 Å². The highest BCUT2D eigenvalue weighted by atomic mass is 15.2. The molecule has 0 N–H and O–H groups in total. The summed E-state index contributed by atoms with van der Waals surface area (Å²) in [5, 5.41) is 3.59. The van der Waals surface area contributed by atoms with E-state index in [0.717, 1.165) is 19.0 Å². The summed E-state index contributed by atoms with van der Waals surface area (Å²) in [7, 11) is 0. The first-order valence-corrected chi connectivity index (χ1v) is 7.37. The summed E-state index contributed by atoms with van der Waals surface area (Å²) in [5.41, 5.74) is 8.22. The van der Waals surface area contributed by atoms with Gasteiger partial charge in [-0.1, -0.05) is 11.5 Å². The smallest absolute Gasteiger partial charge is 0.0270 e. The van der Waals surface area contributed by atoms with Gasteiger partial charge in [-0.2, -0.15) is 0 Å². The molecule has 2 saturated heterocycles. The Hall–Kier alpha value is -0.770. The van der Waals surface area contributed by atoms with E-state index in [9.17, 15) is 0 Å². The van der Waals surface area contributed by atoms with Gasteiger partial charge in [0.25, 0.3) is 0 Å². The second-order valence-corrected chi connectivity index (χ2v) is 5.48. The van der Waals surface area contributed by atoms with Crippen molar-refractivity contribution in [2.45, 2.75) is 44.6 Å². The first-order valence-electron chi connectivity index (χ1n) is 7.37. The lowest BCUT2D eigenvalue weighted by molar-refractivity contribution is 0.0924. The van der Waals surface area contributed by atoms with Gasteiger partial charge < -0.3 is 9.80 Å². The second-order valence-electron chi connectivity index (χ2n) is 5.48. The molecule has 0 spiro atoms. The Kier molecular flexibility index (Phi) is 5.78. The molecule has 0 aromatic heterocycles. The molecule has 5 nitrogen and oxygen atoms in total. The SMILES string of the molecule is [N-]=[N+]=NCCCN1CCC(N2CCCCC2)CC1. The van der Waals surface area contributed by atoms with Gasteiger partial charge in [-0.05, 0) is 70.4 Å². The molecule has 0 saturated carbocycles. The van der Waals surface area contributed by atoms with E-state index >= 15 is 0 Å². The van der Waals surface area contributed by atoms with Gasteiger partial charge in [0.2, 0.25) is 0 Å². The summed E-state index contributed by atoms with van der Waals surface area (Å²) in [6.07, 6.45) is 7.86. The molecule has 0 bridgehead atoms. The minimum Gasteiger partial charge on any atom is -0.303 e. The van der Waals surface area contributed by atoms with Crippen molar-refractivity contribution >= 4 is 0 Å². The van der Waals surface area contributed by atoms with Crippen LogP contribution >= 0.6 is 0 Å². The van der Waals surface area contributed by atoms with Gasteiger partial charge in [0.1, 0.15) is 0 Å². The molecule has 0 unspecified atom stereocenters. The lowest BCUT2D eigenvalue weighted by Gasteiger charge is -2.40. The third-order valence-corrected chi connectivity index (χ3v) is 4.26. The zero-order chi connectivity index (χ0) is 12.6. The highest BCUT2D eigenvalue weighted by Crippen LogP contribution is 2.20. The van der Waals surface area contributed by atoms with E-state index in [1.165, 1.54) is 58.3 Å². The van der Waals surface area contributed by atoms with E-state index < -0.39 is 0 Å². The molecular weight excluding hydrogens is 226 g/mol. The van der Waals surface area contributed by atoms with E-state index in [0.29, 0.717) is 6.54 Å². The predicted octanol–water partition coefficient (Wildman–Crippen LogP) is 2.64. The molecule has 0 amide bonds. The number of hydrogen-bond donors (Lipinski definition) is 0. The minimum absolute atomic E-state index is 0.641. The van der Waals surface area contributed by atoms with Gasteiger partial charge in [-0.15, -0.1) is 0 Å². The summed E-state index contributed by atoms with van der Waals surface area (Å²) in [6, 6.07) is 0.832. The van der Waals surface area contributed by atoms with Crippen molar-refractivity contribution in [1.82, 2.24) is 9.80 Å². The van der Waals surface area contributed by atoms with Gasteiger partial charge in [-0.25, -0.2) is 0 Å². The molecule has 102 valence electrons. The maximum atomic E-state index is 8.22. The fraction of sp³-hybridized carbons (Fsp3) is 1.00. The Labute approximate surface area is 110 Å². The first kappa shape index (κ1) is 13.7. The molecule has 0 aromatic carbocycles. The van der Waals surface area contributed by atoms with Crippen molar-refractivity contribution in [1.29, 1.82) is 0 Å². The normalized spacial score (nSPS) is 23.8. The number of likely N-dealkylation sites (tertiary alicyclic amines) is 2. The molecule has 0 aliphatic carbocycles. The summed E-state index contributed by atoms with van der Waals surface area (Å²) in [6.45, 7) is 6.81. The number of hydrogen-bond acceptors (Lipinski definition) is 3. The summed E-state index contributed by atoms with van der Waals surface area (Å²) in [4.78, 5) is 8.02. The molecule has 0 atom stereocenters. The lowest BCUT2D eigenvalue weighted by atomic mass is 10.00. The van der Waals surface area contributed by atoms with E-state index in [4.69, 9.17) is 5.53 Å². The van der Waals surface area contributed by atoms with Crippen molar-refractivity contribution in [2.75, 3.05) is 39.3 Å². The van der Waals surface area contributed by atoms with Crippen molar-refractivity contribution < 1.29 is 0 Å².